The van der Waals surface area contributed by atoms with Crippen molar-refractivity contribution in [2.24, 2.45) is 0 Å². The molecule has 1 heterocycles. The van der Waals surface area contributed by atoms with E-state index in [1.807, 2.05) is 0 Å². The van der Waals surface area contributed by atoms with Crippen LogP contribution in [0.25, 0.3) is 0 Å². The van der Waals surface area contributed by atoms with Gasteiger partial charge in [0.1, 0.15) is 6.42 Å². The first kappa shape index (κ1) is 12.0. The standard InChI is InChI=1S/C9H14N2O3S/c1-3-13-9(12)5-8-10-7(11-14-8)6-15-4-2/h3-6H2,1-2H3. The molecule has 0 aliphatic carbocycles. The largest absolute Gasteiger partial charge is 0.466 e. The van der Waals surface area contributed by atoms with Gasteiger partial charge in [0.05, 0.1) is 12.4 Å². The summed E-state index contributed by atoms with van der Waals surface area (Å²) in [4.78, 5) is 15.2. The molecule has 0 amide bonds. The Morgan fingerprint density at radius 2 is 2.33 bits per heavy atom. The van der Waals surface area contributed by atoms with E-state index in [4.69, 9.17) is 9.26 Å². The number of rotatable bonds is 6. The number of thioether (sulfide) groups is 1. The predicted octanol–water partition coefficient (Wildman–Crippen LogP) is 1.43. The topological polar surface area (TPSA) is 65.2 Å². The highest BCUT2D eigenvalue weighted by atomic mass is 32.2. The molecule has 0 unspecified atom stereocenters. The number of carbonyl (C=O) groups is 1. The third kappa shape index (κ3) is 4.33. The van der Waals surface area contributed by atoms with Gasteiger partial charge in [0.25, 0.3) is 0 Å². The van der Waals surface area contributed by atoms with Crippen LogP contribution >= 0.6 is 11.8 Å². The van der Waals surface area contributed by atoms with Gasteiger partial charge in [-0.15, -0.1) is 0 Å². The summed E-state index contributed by atoms with van der Waals surface area (Å²) in [5, 5.41) is 3.75. The summed E-state index contributed by atoms with van der Waals surface area (Å²) in [6.07, 6.45) is 0.0532. The normalized spacial score (nSPS) is 10.3. The average Bonchev–Trinajstić information content (AvgIpc) is 2.63. The molecule has 84 valence electrons. The van der Waals surface area contributed by atoms with Crippen molar-refractivity contribution in [2.45, 2.75) is 26.0 Å². The summed E-state index contributed by atoms with van der Waals surface area (Å²) in [6.45, 7) is 4.19. The maximum atomic E-state index is 11.1. The number of ether oxygens (including phenoxy) is 1. The van der Waals surface area contributed by atoms with Crippen molar-refractivity contribution in [1.82, 2.24) is 10.1 Å². The fourth-order valence-corrected chi connectivity index (χ4v) is 1.45. The molecule has 0 saturated carbocycles. The highest BCUT2D eigenvalue weighted by Gasteiger charge is 2.11. The van der Waals surface area contributed by atoms with E-state index in [1.165, 1.54) is 0 Å². The molecule has 0 radical (unpaired) electrons. The third-order valence-corrected chi connectivity index (χ3v) is 2.42. The monoisotopic (exact) mass is 230 g/mol. The molecule has 0 fully saturated rings. The maximum Gasteiger partial charge on any atom is 0.315 e. The van der Waals surface area contributed by atoms with Gasteiger partial charge < -0.3 is 9.26 Å². The third-order valence-electron chi connectivity index (χ3n) is 1.55. The van der Waals surface area contributed by atoms with Crippen LogP contribution in [0.15, 0.2) is 4.52 Å². The summed E-state index contributed by atoms with van der Waals surface area (Å²) in [5.74, 6) is 2.32. The molecule has 0 bridgehead atoms. The second kappa shape index (κ2) is 6.44. The molecule has 5 nitrogen and oxygen atoms in total. The lowest BCUT2D eigenvalue weighted by atomic mass is 10.4. The second-order valence-corrected chi connectivity index (χ2v) is 4.00. The van der Waals surface area contributed by atoms with Crippen LogP contribution in [-0.4, -0.2) is 28.5 Å². The lowest BCUT2D eigenvalue weighted by molar-refractivity contribution is -0.142. The molecular weight excluding hydrogens is 216 g/mol. The zero-order valence-corrected chi connectivity index (χ0v) is 9.67. The summed E-state index contributed by atoms with van der Waals surface area (Å²) in [5.41, 5.74) is 0. The number of nitrogens with zero attached hydrogens (tertiary/aromatic N) is 2. The first-order valence-corrected chi connectivity index (χ1v) is 5.96. The van der Waals surface area contributed by atoms with Gasteiger partial charge >= 0.3 is 5.97 Å². The van der Waals surface area contributed by atoms with Crippen LogP contribution in [-0.2, 0) is 21.7 Å². The second-order valence-electron chi connectivity index (χ2n) is 2.72. The quantitative estimate of drug-likeness (QED) is 0.689. The van der Waals surface area contributed by atoms with E-state index in [0.717, 1.165) is 5.75 Å². The molecule has 1 aromatic heterocycles. The van der Waals surface area contributed by atoms with Gasteiger partial charge in [-0.2, -0.15) is 16.7 Å². The van der Waals surface area contributed by atoms with Crippen LogP contribution in [0.5, 0.6) is 0 Å². The number of carbonyl (C=O) groups excluding carboxylic acids is 1. The van der Waals surface area contributed by atoms with Crippen LogP contribution in [0.4, 0.5) is 0 Å². The van der Waals surface area contributed by atoms with Crippen molar-refractivity contribution >= 4 is 17.7 Å². The first-order valence-electron chi connectivity index (χ1n) is 4.81. The minimum Gasteiger partial charge on any atom is -0.466 e. The molecule has 6 heteroatoms. The molecule has 15 heavy (non-hydrogen) atoms. The lowest BCUT2D eigenvalue weighted by Gasteiger charge is -1.96. The molecule has 0 aromatic carbocycles. The van der Waals surface area contributed by atoms with Crippen LogP contribution in [0.2, 0.25) is 0 Å². The molecule has 0 N–H and O–H groups in total. The summed E-state index contributed by atoms with van der Waals surface area (Å²) in [6, 6.07) is 0. The van der Waals surface area contributed by atoms with Crippen LogP contribution in [0.1, 0.15) is 25.6 Å². The van der Waals surface area contributed by atoms with Crippen LogP contribution < -0.4 is 0 Å². The van der Waals surface area contributed by atoms with E-state index < -0.39 is 0 Å². The Bertz CT molecular complexity index is 314. The Morgan fingerprint density at radius 3 is 3.00 bits per heavy atom. The van der Waals surface area contributed by atoms with Crippen LogP contribution in [0, 0.1) is 0 Å². The van der Waals surface area contributed by atoms with Gasteiger partial charge in [0.2, 0.25) is 5.89 Å². The fraction of sp³-hybridized carbons (Fsp3) is 0.667. The van der Waals surface area contributed by atoms with E-state index in [-0.39, 0.29) is 12.4 Å². The van der Waals surface area contributed by atoms with E-state index in [2.05, 4.69) is 17.1 Å². The van der Waals surface area contributed by atoms with Gasteiger partial charge in [-0.25, -0.2) is 0 Å². The minimum absolute atomic E-state index is 0.0532. The smallest absolute Gasteiger partial charge is 0.315 e. The fourth-order valence-electron chi connectivity index (χ4n) is 0.949. The van der Waals surface area contributed by atoms with Crippen molar-refractivity contribution < 1.29 is 14.1 Å². The highest BCUT2D eigenvalue weighted by Crippen LogP contribution is 2.08. The van der Waals surface area contributed by atoms with Gasteiger partial charge in [-0.1, -0.05) is 12.1 Å². The van der Waals surface area contributed by atoms with Gasteiger partial charge in [0, 0.05) is 0 Å². The molecule has 0 saturated heterocycles. The molecule has 1 aromatic rings. The van der Waals surface area contributed by atoms with Crippen molar-refractivity contribution in [3.63, 3.8) is 0 Å². The molecular formula is C9H14N2O3S. The molecule has 0 atom stereocenters. The van der Waals surface area contributed by atoms with Gasteiger partial charge in [-0.3, -0.25) is 4.79 Å². The number of esters is 1. The Morgan fingerprint density at radius 1 is 1.53 bits per heavy atom. The first-order chi connectivity index (χ1) is 7.26. The zero-order valence-electron chi connectivity index (χ0n) is 8.86. The van der Waals surface area contributed by atoms with Gasteiger partial charge in [-0.05, 0) is 12.7 Å². The molecule has 0 aliphatic rings. The average molecular weight is 230 g/mol. The predicted molar refractivity (Wildman–Crippen MR) is 56.5 cm³/mol. The highest BCUT2D eigenvalue weighted by molar-refractivity contribution is 7.98. The Labute approximate surface area is 92.6 Å². The zero-order chi connectivity index (χ0) is 11.1. The number of aromatic nitrogens is 2. The molecule has 0 aliphatic heterocycles. The maximum absolute atomic E-state index is 11.1. The Kier molecular flexibility index (Phi) is 5.17. The van der Waals surface area contributed by atoms with Gasteiger partial charge in [0.15, 0.2) is 5.82 Å². The molecule has 0 spiro atoms. The van der Waals surface area contributed by atoms with Crippen molar-refractivity contribution in [3.05, 3.63) is 11.7 Å². The Balaban J connectivity index is 2.42. The SMILES string of the molecule is CCOC(=O)Cc1nc(CSCC)no1. The van der Waals surface area contributed by atoms with E-state index >= 15 is 0 Å². The Hall–Kier alpha value is -1.04. The van der Waals surface area contributed by atoms with Crippen molar-refractivity contribution in [1.29, 1.82) is 0 Å². The summed E-state index contributed by atoms with van der Waals surface area (Å²) >= 11 is 1.70. The molecule has 1 rings (SSSR count). The summed E-state index contributed by atoms with van der Waals surface area (Å²) in [7, 11) is 0. The lowest BCUT2D eigenvalue weighted by Crippen LogP contribution is -2.07. The minimum atomic E-state index is -0.337. The number of hydrogen-bond acceptors (Lipinski definition) is 6. The number of hydrogen-bond donors (Lipinski definition) is 0. The van der Waals surface area contributed by atoms with Crippen molar-refractivity contribution in [3.8, 4) is 0 Å². The van der Waals surface area contributed by atoms with Crippen LogP contribution in [0.3, 0.4) is 0 Å². The van der Waals surface area contributed by atoms with E-state index in [1.54, 1.807) is 18.7 Å². The van der Waals surface area contributed by atoms with Crippen molar-refractivity contribution in [2.75, 3.05) is 12.4 Å². The summed E-state index contributed by atoms with van der Waals surface area (Å²) < 4.78 is 9.67. The van der Waals surface area contributed by atoms with E-state index in [0.29, 0.717) is 24.1 Å². The van der Waals surface area contributed by atoms with E-state index in [9.17, 15) is 4.79 Å².